The molecule has 0 bridgehead atoms. The van der Waals surface area contributed by atoms with Crippen molar-refractivity contribution in [3.63, 3.8) is 0 Å². The van der Waals surface area contributed by atoms with Gasteiger partial charge in [0.2, 0.25) is 0 Å². The van der Waals surface area contributed by atoms with E-state index in [0.29, 0.717) is 5.69 Å². The summed E-state index contributed by atoms with van der Waals surface area (Å²) in [4.78, 5) is 0. The predicted molar refractivity (Wildman–Crippen MR) is 85.9 cm³/mol. The van der Waals surface area contributed by atoms with Crippen LogP contribution < -0.4 is 9.82 Å². The standard InChI is InChI=1S/C15H26NO4P/c1-14(2,3)19-21(17,20-15(4,5)6)16-12-8-10-13(18-7)11-9-12/h8-11H,1-7H3,(H,16,17). The molecule has 0 unspecified atom stereocenters. The fourth-order valence-corrected chi connectivity index (χ4v) is 3.65. The molecular weight excluding hydrogens is 289 g/mol. The lowest BCUT2D eigenvalue weighted by Gasteiger charge is -2.32. The van der Waals surface area contributed by atoms with E-state index < -0.39 is 18.9 Å². The smallest absolute Gasteiger partial charge is 0.433 e. The van der Waals surface area contributed by atoms with Crippen LogP contribution in [0.3, 0.4) is 0 Å². The summed E-state index contributed by atoms with van der Waals surface area (Å²) in [5, 5.41) is 2.88. The van der Waals surface area contributed by atoms with Crippen molar-refractivity contribution in [2.45, 2.75) is 52.7 Å². The molecule has 120 valence electrons. The number of ether oxygens (including phenoxy) is 1. The van der Waals surface area contributed by atoms with Gasteiger partial charge in [0, 0.05) is 5.69 Å². The van der Waals surface area contributed by atoms with Gasteiger partial charge in [-0.3, -0.25) is 14.1 Å². The van der Waals surface area contributed by atoms with Gasteiger partial charge < -0.3 is 4.74 Å². The van der Waals surface area contributed by atoms with Gasteiger partial charge in [-0.15, -0.1) is 0 Å². The Bertz CT molecular complexity index is 480. The Hall–Kier alpha value is -1.03. The number of anilines is 1. The largest absolute Gasteiger partial charge is 0.497 e. The SMILES string of the molecule is COc1ccc(NP(=O)(OC(C)(C)C)OC(C)(C)C)cc1. The molecule has 0 saturated heterocycles. The molecule has 0 aliphatic heterocycles. The first-order chi connectivity index (χ1) is 9.42. The Labute approximate surface area is 127 Å². The number of hydrogen-bond acceptors (Lipinski definition) is 4. The molecule has 0 atom stereocenters. The molecule has 1 aromatic carbocycles. The van der Waals surface area contributed by atoms with Crippen LogP contribution in [0.1, 0.15) is 41.5 Å². The van der Waals surface area contributed by atoms with Gasteiger partial charge in [0.25, 0.3) is 0 Å². The van der Waals surface area contributed by atoms with Gasteiger partial charge in [-0.1, -0.05) is 0 Å². The van der Waals surface area contributed by atoms with E-state index in [9.17, 15) is 4.57 Å². The Balaban J connectivity index is 2.98. The molecule has 21 heavy (non-hydrogen) atoms. The van der Waals surface area contributed by atoms with E-state index in [1.807, 2.05) is 41.5 Å². The summed E-state index contributed by atoms with van der Waals surface area (Å²) in [7, 11) is -1.90. The zero-order chi connectivity index (χ0) is 16.3. The molecule has 0 amide bonds. The van der Waals surface area contributed by atoms with E-state index in [0.717, 1.165) is 5.75 Å². The second kappa shape index (κ2) is 6.39. The maximum Gasteiger partial charge on any atom is 0.433 e. The molecule has 0 fully saturated rings. The second-order valence-corrected chi connectivity index (χ2v) is 8.33. The third-order valence-corrected chi connectivity index (χ3v) is 4.25. The molecule has 5 nitrogen and oxygen atoms in total. The average molecular weight is 315 g/mol. The predicted octanol–water partition coefficient (Wildman–Crippen LogP) is 4.85. The molecule has 0 aliphatic carbocycles. The van der Waals surface area contributed by atoms with Gasteiger partial charge >= 0.3 is 7.75 Å². The number of hydrogen-bond donors (Lipinski definition) is 1. The van der Waals surface area contributed by atoms with E-state index in [-0.39, 0.29) is 0 Å². The molecule has 1 N–H and O–H groups in total. The first-order valence-electron chi connectivity index (χ1n) is 6.86. The van der Waals surface area contributed by atoms with Crippen LogP contribution in [0.5, 0.6) is 5.75 Å². The molecule has 0 aromatic heterocycles. The second-order valence-electron chi connectivity index (χ2n) is 6.75. The highest BCUT2D eigenvalue weighted by Gasteiger charge is 2.35. The van der Waals surface area contributed by atoms with Gasteiger partial charge in [0.1, 0.15) is 5.75 Å². The first kappa shape index (κ1) is 18.0. The fourth-order valence-electron chi connectivity index (χ4n) is 1.61. The maximum absolute atomic E-state index is 13.0. The van der Waals surface area contributed by atoms with E-state index >= 15 is 0 Å². The van der Waals surface area contributed by atoms with Gasteiger partial charge in [0.05, 0.1) is 18.3 Å². The van der Waals surface area contributed by atoms with Gasteiger partial charge in [-0.25, -0.2) is 4.57 Å². The van der Waals surface area contributed by atoms with Crippen LogP contribution in [0.2, 0.25) is 0 Å². The van der Waals surface area contributed by atoms with Crippen molar-refractivity contribution in [3.05, 3.63) is 24.3 Å². The molecule has 0 spiro atoms. The number of nitrogens with one attached hydrogen (secondary N) is 1. The monoisotopic (exact) mass is 315 g/mol. The van der Waals surface area contributed by atoms with Gasteiger partial charge in [-0.05, 0) is 65.8 Å². The number of methoxy groups -OCH3 is 1. The summed E-state index contributed by atoms with van der Waals surface area (Å²) in [5.41, 5.74) is -0.548. The summed E-state index contributed by atoms with van der Waals surface area (Å²) >= 11 is 0. The van der Waals surface area contributed by atoms with Gasteiger partial charge in [-0.2, -0.15) is 0 Å². The highest BCUT2D eigenvalue weighted by molar-refractivity contribution is 7.55. The Kier molecular flexibility index (Phi) is 5.48. The summed E-state index contributed by atoms with van der Waals surface area (Å²) in [6.45, 7) is 11.0. The van der Waals surface area contributed by atoms with E-state index in [2.05, 4.69) is 5.09 Å². The van der Waals surface area contributed by atoms with Crippen LogP contribution in [0.15, 0.2) is 24.3 Å². The third kappa shape index (κ3) is 6.98. The van der Waals surface area contributed by atoms with Crippen molar-refractivity contribution in [1.29, 1.82) is 0 Å². The number of benzene rings is 1. The van der Waals surface area contributed by atoms with Crippen LogP contribution in [-0.4, -0.2) is 18.3 Å². The summed E-state index contributed by atoms with van der Waals surface area (Å²) in [6.07, 6.45) is 0. The minimum atomic E-state index is -3.50. The third-order valence-electron chi connectivity index (χ3n) is 2.14. The van der Waals surface area contributed by atoms with Crippen LogP contribution in [-0.2, 0) is 13.6 Å². The van der Waals surface area contributed by atoms with Crippen LogP contribution in [0.25, 0.3) is 0 Å². The van der Waals surface area contributed by atoms with Crippen molar-refractivity contribution >= 4 is 13.4 Å². The zero-order valence-corrected chi connectivity index (χ0v) is 14.8. The summed E-state index contributed by atoms with van der Waals surface area (Å²) in [5.74, 6) is 0.726. The van der Waals surface area contributed by atoms with Crippen molar-refractivity contribution in [2.75, 3.05) is 12.2 Å². The number of rotatable bonds is 5. The van der Waals surface area contributed by atoms with E-state index in [1.165, 1.54) is 0 Å². The lowest BCUT2D eigenvalue weighted by atomic mass is 10.2. The topological polar surface area (TPSA) is 56.8 Å². The first-order valence-corrected chi connectivity index (χ1v) is 8.41. The fraction of sp³-hybridized carbons (Fsp3) is 0.600. The molecule has 0 radical (unpaired) electrons. The van der Waals surface area contributed by atoms with Crippen molar-refractivity contribution in [1.82, 2.24) is 0 Å². The Morgan fingerprint density at radius 2 is 1.33 bits per heavy atom. The van der Waals surface area contributed by atoms with Crippen molar-refractivity contribution < 1.29 is 18.3 Å². The van der Waals surface area contributed by atoms with Crippen LogP contribution in [0.4, 0.5) is 5.69 Å². The molecule has 1 rings (SSSR count). The molecular formula is C15H26NO4P. The van der Waals surface area contributed by atoms with Crippen molar-refractivity contribution in [3.8, 4) is 5.75 Å². The lowest BCUT2D eigenvalue weighted by Crippen LogP contribution is -2.26. The molecule has 1 aromatic rings. The minimum absolute atomic E-state index is 0.597. The highest BCUT2D eigenvalue weighted by Crippen LogP contribution is 2.53. The normalized spacial score (nSPS) is 13.1. The summed E-state index contributed by atoms with van der Waals surface area (Å²) in [6, 6.07) is 7.09. The quantitative estimate of drug-likeness (QED) is 0.787. The highest BCUT2D eigenvalue weighted by atomic mass is 31.2. The minimum Gasteiger partial charge on any atom is -0.497 e. The Morgan fingerprint density at radius 3 is 1.67 bits per heavy atom. The molecule has 0 saturated carbocycles. The van der Waals surface area contributed by atoms with Gasteiger partial charge in [0.15, 0.2) is 0 Å². The molecule has 0 heterocycles. The van der Waals surface area contributed by atoms with E-state index in [1.54, 1.807) is 31.4 Å². The average Bonchev–Trinajstić information content (AvgIpc) is 2.24. The molecule has 0 aliphatic rings. The zero-order valence-electron chi connectivity index (χ0n) is 13.9. The van der Waals surface area contributed by atoms with Crippen LogP contribution >= 0.6 is 7.75 Å². The van der Waals surface area contributed by atoms with Crippen LogP contribution in [0, 0.1) is 0 Å². The summed E-state index contributed by atoms with van der Waals surface area (Å²) < 4.78 is 29.4. The maximum atomic E-state index is 13.0. The lowest BCUT2D eigenvalue weighted by molar-refractivity contribution is 0.0518. The van der Waals surface area contributed by atoms with Crippen molar-refractivity contribution in [2.24, 2.45) is 0 Å². The Morgan fingerprint density at radius 1 is 0.905 bits per heavy atom. The van der Waals surface area contributed by atoms with E-state index in [4.69, 9.17) is 13.8 Å². The molecule has 6 heteroatoms.